The first-order valence-electron chi connectivity index (χ1n) is 9.36. The molecule has 1 atom stereocenters. The molecule has 1 aromatic carbocycles. The van der Waals surface area contributed by atoms with Crippen LogP contribution in [0, 0.1) is 5.41 Å². The third-order valence-electron chi connectivity index (χ3n) is 4.93. The van der Waals surface area contributed by atoms with E-state index < -0.39 is 0 Å². The Hall–Kier alpha value is -2.80. The van der Waals surface area contributed by atoms with E-state index in [4.69, 9.17) is 9.47 Å². The summed E-state index contributed by atoms with van der Waals surface area (Å²) < 4.78 is 13.0. The lowest BCUT2D eigenvalue weighted by Gasteiger charge is -2.32. The fourth-order valence-electron chi connectivity index (χ4n) is 3.17. The fourth-order valence-corrected chi connectivity index (χ4v) is 3.17. The molecule has 7 nitrogen and oxygen atoms in total. The van der Waals surface area contributed by atoms with Gasteiger partial charge in [-0.3, -0.25) is 5.10 Å². The summed E-state index contributed by atoms with van der Waals surface area (Å²) in [6.45, 7) is 8.26. The predicted molar refractivity (Wildman–Crippen MR) is 109 cm³/mol. The van der Waals surface area contributed by atoms with E-state index in [9.17, 15) is 0 Å². The zero-order chi connectivity index (χ0) is 20.1. The van der Waals surface area contributed by atoms with E-state index >= 15 is 0 Å². The maximum absolute atomic E-state index is 5.56. The van der Waals surface area contributed by atoms with E-state index in [2.05, 4.69) is 45.8 Å². The van der Waals surface area contributed by atoms with Crippen molar-refractivity contribution in [1.29, 1.82) is 0 Å². The van der Waals surface area contributed by atoms with Gasteiger partial charge in [-0.05, 0) is 17.5 Å². The van der Waals surface area contributed by atoms with Crippen LogP contribution in [0.1, 0.15) is 26.3 Å². The molecule has 0 spiro atoms. The van der Waals surface area contributed by atoms with Gasteiger partial charge in [-0.1, -0.05) is 20.8 Å². The van der Waals surface area contributed by atoms with Crippen LogP contribution in [0.15, 0.2) is 43.1 Å². The highest BCUT2D eigenvalue weighted by Crippen LogP contribution is 2.34. The van der Waals surface area contributed by atoms with Gasteiger partial charge in [0.15, 0.2) is 0 Å². The van der Waals surface area contributed by atoms with Gasteiger partial charge < -0.3 is 19.4 Å². The Bertz CT molecular complexity index is 881. The Morgan fingerprint density at radius 3 is 2.68 bits per heavy atom. The molecule has 0 aliphatic heterocycles. The minimum absolute atomic E-state index is 0.0893. The normalized spacial score (nSPS) is 12.8. The van der Waals surface area contributed by atoms with E-state index in [0.717, 1.165) is 34.9 Å². The van der Waals surface area contributed by atoms with Crippen LogP contribution >= 0.6 is 0 Å². The minimum Gasteiger partial charge on any atom is -0.497 e. The molecule has 3 rings (SSSR count). The average Bonchev–Trinajstić information content (AvgIpc) is 3.35. The molecule has 7 heteroatoms. The fraction of sp³-hybridized carbons (Fsp3) is 0.429. The number of nitrogens with one attached hydrogen (secondary N) is 2. The molecule has 0 radical (unpaired) electrons. The largest absolute Gasteiger partial charge is 0.497 e. The van der Waals surface area contributed by atoms with Crippen molar-refractivity contribution in [2.24, 2.45) is 5.41 Å². The molecule has 2 N–H and O–H groups in total. The second-order valence-corrected chi connectivity index (χ2v) is 7.90. The summed E-state index contributed by atoms with van der Waals surface area (Å²) in [6, 6.07) is 6.06. The number of aromatic nitrogens is 4. The predicted octanol–water partition coefficient (Wildman–Crippen LogP) is 3.49. The molecule has 1 unspecified atom stereocenters. The summed E-state index contributed by atoms with van der Waals surface area (Å²) in [6.07, 6.45) is 7.52. The number of hydrogen-bond acceptors (Lipinski definition) is 5. The van der Waals surface area contributed by atoms with Crippen molar-refractivity contribution >= 4 is 0 Å². The third kappa shape index (κ3) is 4.54. The summed E-state index contributed by atoms with van der Waals surface area (Å²) in [5.41, 5.74) is 3.08. The first-order chi connectivity index (χ1) is 13.4. The summed E-state index contributed by atoms with van der Waals surface area (Å²) in [5, 5.41) is 11.1. The lowest BCUT2D eigenvalue weighted by Crippen LogP contribution is -2.43. The number of nitrogens with zero attached hydrogens (tertiary/aromatic N) is 3. The van der Waals surface area contributed by atoms with Gasteiger partial charge in [0.05, 0.1) is 32.4 Å². The minimum atomic E-state index is 0.0893. The van der Waals surface area contributed by atoms with Crippen LogP contribution in [0.5, 0.6) is 11.5 Å². The lowest BCUT2D eigenvalue weighted by atomic mass is 9.86. The van der Waals surface area contributed by atoms with Crippen LogP contribution in [0.4, 0.5) is 0 Å². The zero-order valence-electron chi connectivity index (χ0n) is 17.2. The number of aromatic amines is 1. The molecule has 150 valence electrons. The van der Waals surface area contributed by atoms with E-state index in [1.807, 2.05) is 43.1 Å². The van der Waals surface area contributed by atoms with E-state index in [1.54, 1.807) is 14.2 Å². The smallest absolute Gasteiger partial charge is 0.131 e. The first-order valence-corrected chi connectivity index (χ1v) is 9.36. The van der Waals surface area contributed by atoms with Crippen molar-refractivity contribution in [2.45, 2.75) is 39.9 Å². The van der Waals surface area contributed by atoms with Gasteiger partial charge in [0, 0.05) is 48.7 Å². The van der Waals surface area contributed by atoms with E-state index in [1.165, 1.54) is 0 Å². The highest BCUT2D eigenvalue weighted by Gasteiger charge is 2.25. The van der Waals surface area contributed by atoms with Crippen molar-refractivity contribution in [2.75, 3.05) is 14.2 Å². The molecular formula is C21H29N5O2. The van der Waals surface area contributed by atoms with Crippen molar-refractivity contribution in [3.8, 4) is 22.8 Å². The maximum atomic E-state index is 5.56. The van der Waals surface area contributed by atoms with Crippen molar-refractivity contribution in [1.82, 2.24) is 25.1 Å². The quantitative estimate of drug-likeness (QED) is 0.623. The van der Waals surface area contributed by atoms with E-state index in [0.29, 0.717) is 6.54 Å². The van der Waals surface area contributed by atoms with Crippen LogP contribution in [0.2, 0.25) is 0 Å². The molecule has 0 fully saturated rings. The Morgan fingerprint density at radius 1 is 1.21 bits per heavy atom. The van der Waals surface area contributed by atoms with Crippen LogP contribution in [0.25, 0.3) is 11.3 Å². The van der Waals surface area contributed by atoms with Gasteiger partial charge in [-0.25, -0.2) is 4.98 Å². The van der Waals surface area contributed by atoms with Gasteiger partial charge in [-0.15, -0.1) is 0 Å². The topological polar surface area (TPSA) is 77.0 Å². The Balaban J connectivity index is 1.80. The van der Waals surface area contributed by atoms with Crippen LogP contribution in [-0.2, 0) is 13.1 Å². The molecule has 0 amide bonds. The number of ether oxygens (including phenoxy) is 2. The van der Waals surface area contributed by atoms with Gasteiger partial charge in [0.2, 0.25) is 0 Å². The Labute approximate surface area is 166 Å². The van der Waals surface area contributed by atoms with Gasteiger partial charge in [-0.2, -0.15) is 5.10 Å². The number of rotatable bonds is 8. The van der Waals surface area contributed by atoms with Crippen LogP contribution in [0.3, 0.4) is 0 Å². The van der Waals surface area contributed by atoms with Gasteiger partial charge >= 0.3 is 0 Å². The highest BCUT2D eigenvalue weighted by molar-refractivity contribution is 5.71. The average molecular weight is 383 g/mol. The molecule has 2 heterocycles. The summed E-state index contributed by atoms with van der Waals surface area (Å²) in [4.78, 5) is 4.15. The van der Waals surface area contributed by atoms with Crippen LogP contribution < -0.4 is 14.8 Å². The molecule has 0 bridgehead atoms. The van der Waals surface area contributed by atoms with Crippen molar-refractivity contribution < 1.29 is 9.47 Å². The van der Waals surface area contributed by atoms with Crippen molar-refractivity contribution in [3.05, 3.63) is 48.7 Å². The molecular weight excluding hydrogens is 354 g/mol. The highest BCUT2D eigenvalue weighted by atomic mass is 16.5. The maximum Gasteiger partial charge on any atom is 0.131 e. The molecule has 0 aliphatic carbocycles. The van der Waals surface area contributed by atoms with Crippen LogP contribution in [-0.4, -0.2) is 40.0 Å². The number of H-pyrrole nitrogens is 1. The van der Waals surface area contributed by atoms with Gasteiger partial charge in [0.25, 0.3) is 0 Å². The third-order valence-corrected chi connectivity index (χ3v) is 4.93. The first kappa shape index (κ1) is 19.9. The van der Waals surface area contributed by atoms with E-state index in [-0.39, 0.29) is 11.5 Å². The second-order valence-electron chi connectivity index (χ2n) is 7.90. The summed E-state index contributed by atoms with van der Waals surface area (Å²) in [7, 11) is 3.31. The molecule has 0 saturated carbocycles. The number of hydrogen-bond donors (Lipinski definition) is 2. The Morgan fingerprint density at radius 2 is 2.04 bits per heavy atom. The molecule has 3 aromatic rings. The number of imidazole rings is 1. The number of benzene rings is 1. The Kier molecular flexibility index (Phi) is 6.04. The monoisotopic (exact) mass is 383 g/mol. The zero-order valence-corrected chi connectivity index (χ0v) is 17.2. The molecule has 0 aliphatic rings. The summed E-state index contributed by atoms with van der Waals surface area (Å²) >= 11 is 0. The summed E-state index contributed by atoms with van der Waals surface area (Å²) in [5.74, 6) is 1.50. The molecule has 0 saturated heterocycles. The van der Waals surface area contributed by atoms with Crippen molar-refractivity contribution in [3.63, 3.8) is 0 Å². The SMILES string of the molecule is COc1ccc(-c2[nH]ncc2CNC(Cn2ccnc2)C(C)(C)C)c(OC)c1. The second kappa shape index (κ2) is 8.48. The molecule has 2 aromatic heterocycles. The number of methoxy groups -OCH3 is 2. The van der Waals surface area contributed by atoms with Gasteiger partial charge in [0.1, 0.15) is 11.5 Å². The lowest BCUT2D eigenvalue weighted by molar-refractivity contribution is 0.240. The standard InChI is InChI=1S/C21H29N5O2/c1-21(2,3)19(13-26-9-8-22-14-26)23-11-15-12-24-25-20(15)17-7-6-16(27-4)10-18(17)28-5/h6-10,12,14,19,23H,11,13H2,1-5H3,(H,24,25). The molecule has 28 heavy (non-hydrogen) atoms.